The average molecular weight is 287 g/mol. The zero-order valence-electron chi connectivity index (χ0n) is 12.1. The van der Waals surface area contributed by atoms with Gasteiger partial charge >= 0.3 is 0 Å². The van der Waals surface area contributed by atoms with Crippen LogP contribution in [-0.2, 0) is 6.42 Å². The second-order valence-corrected chi connectivity index (χ2v) is 5.05. The molecule has 2 aromatic carbocycles. The summed E-state index contributed by atoms with van der Waals surface area (Å²) in [5.41, 5.74) is 3.02. The lowest BCUT2D eigenvalue weighted by molar-refractivity contribution is 0.102. The highest BCUT2D eigenvalue weighted by atomic mass is 19.1. The third kappa shape index (κ3) is 3.67. The molecule has 0 heterocycles. The van der Waals surface area contributed by atoms with Gasteiger partial charge in [0, 0.05) is 17.9 Å². The van der Waals surface area contributed by atoms with E-state index in [0.29, 0.717) is 28.8 Å². The van der Waals surface area contributed by atoms with Gasteiger partial charge in [0.05, 0.1) is 0 Å². The normalized spacial score (nSPS) is 10.5. The first-order valence-electron chi connectivity index (χ1n) is 6.79. The molecule has 2 rings (SSSR count). The summed E-state index contributed by atoms with van der Waals surface area (Å²) < 4.78 is 13.6. The number of hydrogen-bond donors (Lipinski definition) is 2. The van der Waals surface area contributed by atoms with Gasteiger partial charge in [-0.05, 0) is 61.2 Å². The molecule has 0 atom stereocenters. The van der Waals surface area contributed by atoms with Crippen LogP contribution in [0.2, 0.25) is 0 Å². The summed E-state index contributed by atoms with van der Waals surface area (Å²) in [6.07, 6.45) is 0.588. The molecule has 0 spiro atoms. The van der Waals surface area contributed by atoms with Crippen LogP contribution in [0.25, 0.3) is 0 Å². The van der Waals surface area contributed by atoms with Gasteiger partial charge in [-0.15, -0.1) is 0 Å². The van der Waals surface area contributed by atoms with Gasteiger partial charge in [0.1, 0.15) is 5.82 Å². The predicted molar refractivity (Wildman–Crippen MR) is 81.1 cm³/mol. The second kappa shape index (κ2) is 6.50. The number of aryl methyl sites for hydroxylation is 2. The topological polar surface area (TPSA) is 49.3 Å². The molecule has 2 N–H and O–H groups in total. The van der Waals surface area contributed by atoms with Crippen molar-refractivity contribution in [2.24, 2.45) is 0 Å². The summed E-state index contributed by atoms with van der Waals surface area (Å²) in [5, 5.41) is 11.6. The Morgan fingerprint density at radius 3 is 2.24 bits per heavy atom. The number of aliphatic hydroxyl groups is 1. The molecule has 110 valence electrons. The number of benzene rings is 2. The van der Waals surface area contributed by atoms with Gasteiger partial charge in [0.25, 0.3) is 5.91 Å². The maximum absolute atomic E-state index is 13.6. The van der Waals surface area contributed by atoms with E-state index in [1.807, 2.05) is 12.1 Å². The molecule has 0 radical (unpaired) electrons. The van der Waals surface area contributed by atoms with E-state index >= 15 is 0 Å². The van der Waals surface area contributed by atoms with Crippen molar-refractivity contribution >= 4 is 11.6 Å². The molecule has 0 fully saturated rings. The summed E-state index contributed by atoms with van der Waals surface area (Å²) in [6.45, 7) is 3.38. The molecule has 0 bridgehead atoms. The van der Waals surface area contributed by atoms with E-state index in [1.165, 1.54) is 12.1 Å². The van der Waals surface area contributed by atoms with E-state index in [-0.39, 0.29) is 18.3 Å². The molecule has 0 saturated heterocycles. The Morgan fingerprint density at radius 1 is 1.14 bits per heavy atom. The van der Waals surface area contributed by atoms with Crippen LogP contribution < -0.4 is 5.32 Å². The van der Waals surface area contributed by atoms with E-state index in [4.69, 9.17) is 5.11 Å². The van der Waals surface area contributed by atoms with E-state index < -0.39 is 0 Å². The van der Waals surface area contributed by atoms with Crippen molar-refractivity contribution in [2.45, 2.75) is 20.3 Å². The van der Waals surface area contributed by atoms with Crippen molar-refractivity contribution in [2.75, 3.05) is 11.9 Å². The van der Waals surface area contributed by atoms with E-state index in [9.17, 15) is 9.18 Å². The van der Waals surface area contributed by atoms with Gasteiger partial charge in [-0.25, -0.2) is 4.39 Å². The minimum absolute atomic E-state index is 0.0971. The maximum Gasteiger partial charge on any atom is 0.255 e. The zero-order valence-corrected chi connectivity index (χ0v) is 12.1. The van der Waals surface area contributed by atoms with Crippen LogP contribution in [-0.4, -0.2) is 17.6 Å². The third-order valence-electron chi connectivity index (χ3n) is 3.31. The van der Waals surface area contributed by atoms with Gasteiger partial charge in [-0.3, -0.25) is 4.79 Å². The number of anilines is 1. The molecule has 3 nitrogen and oxygen atoms in total. The SMILES string of the molecule is Cc1cc(C(=O)Nc2ccc(CCO)cc2)cc(C)c1F. The molecule has 21 heavy (non-hydrogen) atoms. The molecule has 0 aromatic heterocycles. The summed E-state index contributed by atoms with van der Waals surface area (Å²) in [6, 6.07) is 10.4. The number of hydrogen-bond acceptors (Lipinski definition) is 2. The molecular weight excluding hydrogens is 269 g/mol. The number of rotatable bonds is 4. The minimum atomic E-state index is -0.278. The molecule has 0 unspecified atom stereocenters. The summed E-state index contributed by atoms with van der Waals surface area (Å²) in [5.74, 6) is -0.545. The molecule has 0 aliphatic rings. The van der Waals surface area contributed by atoms with Crippen LogP contribution in [0.1, 0.15) is 27.0 Å². The Balaban J connectivity index is 2.14. The minimum Gasteiger partial charge on any atom is -0.396 e. The molecule has 0 aliphatic heterocycles. The molecule has 1 amide bonds. The molecule has 2 aromatic rings. The fraction of sp³-hybridized carbons (Fsp3) is 0.235. The lowest BCUT2D eigenvalue weighted by Gasteiger charge is -2.09. The number of carbonyl (C=O) groups excluding carboxylic acids is 1. The van der Waals surface area contributed by atoms with Crippen LogP contribution in [0, 0.1) is 19.7 Å². The van der Waals surface area contributed by atoms with Crippen molar-refractivity contribution < 1.29 is 14.3 Å². The van der Waals surface area contributed by atoms with Gasteiger partial charge < -0.3 is 10.4 Å². The Kier molecular flexibility index (Phi) is 4.70. The summed E-state index contributed by atoms with van der Waals surface area (Å²) in [7, 11) is 0. The predicted octanol–water partition coefficient (Wildman–Crippen LogP) is 3.23. The van der Waals surface area contributed by atoms with Gasteiger partial charge in [0.15, 0.2) is 0 Å². The lowest BCUT2D eigenvalue weighted by atomic mass is 10.1. The van der Waals surface area contributed by atoms with Crippen LogP contribution >= 0.6 is 0 Å². The monoisotopic (exact) mass is 287 g/mol. The van der Waals surface area contributed by atoms with Crippen LogP contribution in [0.4, 0.5) is 10.1 Å². The lowest BCUT2D eigenvalue weighted by Crippen LogP contribution is -2.13. The summed E-state index contributed by atoms with van der Waals surface area (Å²) in [4.78, 5) is 12.2. The Morgan fingerprint density at radius 2 is 1.71 bits per heavy atom. The first-order chi connectivity index (χ1) is 10.0. The van der Waals surface area contributed by atoms with Crippen molar-refractivity contribution in [3.63, 3.8) is 0 Å². The third-order valence-corrected chi connectivity index (χ3v) is 3.31. The van der Waals surface area contributed by atoms with Crippen molar-refractivity contribution in [1.29, 1.82) is 0 Å². The maximum atomic E-state index is 13.6. The number of nitrogens with one attached hydrogen (secondary N) is 1. The van der Waals surface area contributed by atoms with Gasteiger partial charge in [-0.1, -0.05) is 12.1 Å². The summed E-state index contributed by atoms with van der Waals surface area (Å²) >= 11 is 0. The largest absolute Gasteiger partial charge is 0.396 e. The molecular formula is C17H18FNO2. The Bertz CT molecular complexity index is 627. The number of aliphatic hydroxyl groups excluding tert-OH is 1. The second-order valence-electron chi connectivity index (χ2n) is 5.05. The standard InChI is InChI=1S/C17H18FNO2/c1-11-9-14(10-12(2)16(11)18)17(21)19-15-5-3-13(4-6-15)7-8-20/h3-6,9-10,20H,7-8H2,1-2H3,(H,19,21). The number of halogens is 1. The quantitative estimate of drug-likeness (QED) is 0.907. The van der Waals surface area contributed by atoms with E-state index in [0.717, 1.165) is 5.56 Å². The number of amides is 1. The van der Waals surface area contributed by atoms with Crippen molar-refractivity contribution in [3.8, 4) is 0 Å². The molecule has 4 heteroatoms. The molecule has 0 aliphatic carbocycles. The van der Waals surface area contributed by atoms with Gasteiger partial charge in [0.2, 0.25) is 0 Å². The number of carbonyl (C=O) groups is 1. The average Bonchev–Trinajstić information content (AvgIpc) is 2.46. The highest BCUT2D eigenvalue weighted by Crippen LogP contribution is 2.17. The zero-order chi connectivity index (χ0) is 15.4. The van der Waals surface area contributed by atoms with Crippen LogP contribution in [0.15, 0.2) is 36.4 Å². The van der Waals surface area contributed by atoms with E-state index in [1.54, 1.807) is 26.0 Å². The van der Waals surface area contributed by atoms with Gasteiger partial charge in [-0.2, -0.15) is 0 Å². The fourth-order valence-electron chi connectivity index (χ4n) is 2.16. The fourth-order valence-corrected chi connectivity index (χ4v) is 2.16. The molecule has 0 saturated carbocycles. The Hall–Kier alpha value is -2.20. The van der Waals surface area contributed by atoms with E-state index in [2.05, 4.69) is 5.32 Å². The van der Waals surface area contributed by atoms with Crippen molar-refractivity contribution in [1.82, 2.24) is 0 Å². The Labute approximate surface area is 123 Å². The van der Waals surface area contributed by atoms with Crippen molar-refractivity contribution in [3.05, 3.63) is 64.5 Å². The smallest absolute Gasteiger partial charge is 0.255 e. The highest BCUT2D eigenvalue weighted by Gasteiger charge is 2.11. The van der Waals surface area contributed by atoms with Crippen LogP contribution in [0.5, 0.6) is 0 Å². The first kappa shape index (κ1) is 15.2. The van der Waals surface area contributed by atoms with Crippen LogP contribution in [0.3, 0.4) is 0 Å². The first-order valence-corrected chi connectivity index (χ1v) is 6.79. The highest BCUT2D eigenvalue weighted by molar-refractivity contribution is 6.04.